The highest BCUT2D eigenvalue weighted by molar-refractivity contribution is 7.92. The number of amides is 1. The van der Waals surface area contributed by atoms with Crippen LogP contribution < -0.4 is 10.0 Å². The highest BCUT2D eigenvalue weighted by Gasteiger charge is 2.19. The molecule has 8 heteroatoms. The Morgan fingerprint density at radius 2 is 1.84 bits per heavy atom. The van der Waals surface area contributed by atoms with Crippen LogP contribution in [0.4, 0.5) is 5.69 Å². The smallest absolute Gasteiger partial charge is 0.261 e. The van der Waals surface area contributed by atoms with Crippen LogP contribution in [0, 0.1) is 0 Å². The van der Waals surface area contributed by atoms with Crippen molar-refractivity contribution in [1.82, 2.24) is 10.3 Å². The van der Waals surface area contributed by atoms with Crippen molar-refractivity contribution < 1.29 is 13.2 Å². The van der Waals surface area contributed by atoms with E-state index in [9.17, 15) is 13.2 Å². The van der Waals surface area contributed by atoms with Crippen molar-refractivity contribution in [1.29, 1.82) is 0 Å². The van der Waals surface area contributed by atoms with Gasteiger partial charge in [0.25, 0.3) is 15.9 Å². The molecule has 0 saturated heterocycles. The molecule has 0 fully saturated rings. The van der Waals surface area contributed by atoms with Crippen LogP contribution in [0.3, 0.4) is 0 Å². The molecule has 1 aromatic heterocycles. The van der Waals surface area contributed by atoms with Gasteiger partial charge in [0, 0.05) is 24.6 Å². The average molecular weight is 458 g/mol. The van der Waals surface area contributed by atoms with Crippen LogP contribution in [-0.4, -0.2) is 19.3 Å². The van der Waals surface area contributed by atoms with Crippen molar-refractivity contribution in [2.75, 3.05) is 4.72 Å². The molecule has 0 atom stereocenters. The van der Waals surface area contributed by atoms with E-state index < -0.39 is 15.9 Å². The van der Waals surface area contributed by atoms with Gasteiger partial charge in [-0.25, -0.2) is 8.42 Å². The van der Waals surface area contributed by atoms with Crippen LogP contribution in [0.15, 0.2) is 71.9 Å². The summed E-state index contributed by atoms with van der Waals surface area (Å²) in [5, 5.41) is 2.90. The van der Waals surface area contributed by atoms with E-state index in [0.29, 0.717) is 5.69 Å². The zero-order valence-corrected chi connectivity index (χ0v) is 18.7. The van der Waals surface area contributed by atoms with Crippen LogP contribution in [0.2, 0.25) is 5.02 Å². The van der Waals surface area contributed by atoms with Gasteiger partial charge in [0.15, 0.2) is 0 Å². The fourth-order valence-electron chi connectivity index (χ4n) is 2.96. The summed E-state index contributed by atoms with van der Waals surface area (Å²) in [6.07, 6.45) is 6.42. The van der Waals surface area contributed by atoms with Gasteiger partial charge in [-0.05, 0) is 60.4 Å². The van der Waals surface area contributed by atoms with E-state index in [1.807, 2.05) is 18.2 Å². The molecular weight excluding hydrogens is 434 g/mol. The Bertz CT molecular complexity index is 1130. The summed E-state index contributed by atoms with van der Waals surface area (Å²) in [5.74, 6) is -0.466. The largest absolute Gasteiger partial charge is 0.348 e. The Hall–Kier alpha value is -2.90. The number of aromatic nitrogens is 1. The lowest BCUT2D eigenvalue weighted by Crippen LogP contribution is -2.24. The van der Waals surface area contributed by atoms with E-state index in [0.717, 1.165) is 30.4 Å². The molecule has 0 saturated carbocycles. The van der Waals surface area contributed by atoms with Crippen LogP contribution in [0.5, 0.6) is 0 Å². The van der Waals surface area contributed by atoms with Crippen LogP contribution in [-0.2, 0) is 23.0 Å². The Balaban J connectivity index is 1.73. The lowest BCUT2D eigenvalue weighted by Gasteiger charge is -2.12. The second-order valence-electron chi connectivity index (χ2n) is 7.09. The molecule has 0 aliphatic rings. The van der Waals surface area contributed by atoms with Crippen LogP contribution >= 0.6 is 11.6 Å². The second-order valence-corrected chi connectivity index (χ2v) is 9.18. The number of hydrogen-bond acceptors (Lipinski definition) is 4. The summed E-state index contributed by atoms with van der Waals surface area (Å²) in [6, 6.07) is 14.9. The van der Waals surface area contributed by atoms with Gasteiger partial charge in [-0.15, -0.1) is 0 Å². The molecule has 1 amide bonds. The van der Waals surface area contributed by atoms with Gasteiger partial charge in [0.05, 0.1) is 15.5 Å². The maximum absolute atomic E-state index is 12.8. The monoisotopic (exact) mass is 457 g/mol. The number of anilines is 1. The van der Waals surface area contributed by atoms with Crippen molar-refractivity contribution in [3.05, 3.63) is 88.7 Å². The number of halogens is 1. The van der Waals surface area contributed by atoms with E-state index >= 15 is 0 Å². The first-order valence-corrected chi connectivity index (χ1v) is 11.8. The molecule has 2 aromatic carbocycles. The number of rotatable bonds is 9. The summed E-state index contributed by atoms with van der Waals surface area (Å²) in [5.41, 5.74) is 2.52. The SMILES string of the molecule is CCCCc1ccc(NS(=O)(=O)c2ccc(Cl)c(C(=O)NCc3cccnc3)c2)cc1. The zero-order chi connectivity index (χ0) is 22.3. The summed E-state index contributed by atoms with van der Waals surface area (Å²) in [6.45, 7) is 2.38. The van der Waals surface area contributed by atoms with Crippen molar-refractivity contribution in [2.45, 2.75) is 37.6 Å². The predicted octanol–water partition coefficient (Wildman–Crippen LogP) is 4.81. The first-order chi connectivity index (χ1) is 14.9. The quantitative estimate of drug-likeness (QED) is 0.482. The molecule has 0 radical (unpaired) electrons. The molecule has 6 nitrogen and oxygen atoms in total. The number of aryl methyl sites for hydroxylation is 1. The Labute approximate surface area is 187 Å². The molecule has 0 unspecified atom stereocenters. The number of carbonyl (C=O) groups is 1. The van der Waals surface area contributed by atoms with Gasteiger partial charge in [0.2, 0.25) is 0 Å². The third-order valence-electron chi connectivity index (χ3n) is 4.69. The molecule has 2 N–H and O–H groups in total. The summed E-state index contributed by atoms with van der Waals surface area (Å²) in [4.78, 5) is 16.5. The highest BCUT2D eigenvalue weighted by atomic mass is 35.5. The molecule has 0 spiro atoms. The maximum atomic E-state index is 12.8. The van der Waals surface area contributed by atoms with Gasteiger partial charge in [0.1, 0.15) is 0 Å². The fourth-order valence-corrected chi connectivity index (χ4v) is 4.25. The molecule has 0 aliphatic carbocycles. The van der Waals surface area contributed by atoms with Gasteiger partial charge < -0.3 is 5.32 Å². The number of hydrogen-bond donors (Lipinski definition) is 2. The number of benzene rings is 2. The number of nitrogens with zero attached hydrogens (tertiary/aromatic N) is 1. The lowest BCUT2D eigenvalue weighted by molar-refractivity contribution is 0.0951. The summed E-state index contributed by atoms with van der Waals surface area (Å²) in [7, 11) is -3.88. The molecule has 3 aromatic rings. The first kappa shape index (κ1) is 22.8. The number of unbranched alkanes of at least 4 members (excludes halogenated alkanes) is 1. The molecule has 31 heavy (non-hydrogen) atoms. The van der Waals surface area contributed by atoms with E-state index in [1.165, 1.54) is 18.2 Å². The van der Waals surface area contributed by atoms with E-state index in [4.69, 9.17) is 11.6 Å². The Morgan fingerprint density at radius 1 is 1.06 bits per heavy atom. The molecule has 0 bridgehead atoms. The first-order valence-electron chi connectivity index (χ1n) is 9.97. The van der Waals surface area contributed by atoms with E-state index in [1.54, 1.807) is 30.6 Å². The minimum absolute atomic E-state index is 0.0431. The standard InChI is InChI=1S/C23H24ClN3O3S/c1-2-3-5-17-7-9-19(10-8-17)27-31(29,30)20-11-12-22(24)21(14-20)23(28)26-16-18-6-4-13-25-15-18/h4,6-15,27H,2-3,5,16H2,1H3,(H,26,28). The fraction of sp³-hybridized carbons (Fsp3) is 0.217. The van der Waals surface area contributed by atoms with Crippen molar-refractivity contribution >= 4 is 33.2 Å². The van der Waals surface area contributed by atoms with Gasteiger partial charge in [-0.2, -0.15) is 0 Å². The third kappa shape index (κ3) is 6.29. The number of nitrogens with one attached hydrogen (secondary N) is 2. The second kappa shape index (κ2) is 10.4. The third-order valence-corrected chi connectivity index (χ3v) is 6.40. The summed E-state index contributed by atoms with van der Waals surface area (Å²) >= 11 is 6.15. The zero-order valence-electron chi connectivity index (χ0n) is 17.1. The van der Waals surface area contributed by atoms with Crippen molar-refractivity contribution in [3.8, 4) is 0 Å². The van der Waals surface area contributed by atoms with Crippen molar-refractivity contribution in [2.24, 2.45) is 0 Å². The van der Waals surface area contributed by atoms with Crippen LogP contribution in [0.1, 0.15) is 41.3 Å². The van der Waals surface area contributed by atoms with Gasteiger partial charge >= 0.3 is 0 Å². The number of sulfonamides is 1. The van der Waals surface area contributed by atoms with Gasteiger partial charge in [-0.1, -0.05) is 43.1 Å². The van der Waals surface area contributed by atoms with E-state index in [2.05, 4.69) is 21.9 Å². The molecule has 1 heterocycles. The molecular formula is C23H24ClN3O3S. The lowest BCUT2D eigenvalue weighted by atomic mass is 10.1. The van der Waals surface area contributed by atoms with Gasteiger partial charge in [-0.3, -0.25) is 14.5 Å². The molecule has 3 rings (SSSR count). The molecule has 162 valence electrons. The highest BCUT2D eigenvalue weighted by Crippen LogP contribution is 2.23. The van der Waals surface area contributed by atoms with Crippen molar-refractivity contribution in [3.63, 3.8) is 0 Å². The van der Waals surface area contributed by atoms with E-state index in [-0.39, 0.29) is 22.0 Å². The summed E-state index contributed by atoms with van der Waals surface area (Å²) < 4.78 is 28.2. The molecule has 0 aliphatic heterocycles. The van der Waals surface area contributed by atoms with Crippen LogP contribution in [0.25, 0.3) is 0 Å². The minimum Gasteiger partial charge on any atom is -0.348 e. The average Bonchev–Trinajstić information content (AvgIpc) is 2.77. The maximum Gasteiger partial charge on any atom is 0.261 e. The number of pyridine rings is 1. The minimum atomic E-state index is -3.88. The number of carbonyl (C=O) groups excluding carboxylic acids is 1. The Morgan fingerprint density at radius 3 is 2.52 bits per heavy atom. The predicted molar refractivity (Wildman–Crippen MR) is 123 cm³/mol. The topological polar surface area (TPSA) is 88.2 Å². The normalized spacial score (nSPS) is 11.2. The Kier molecular flexibility index (Phi) is 7.65.